The van der Waals surface area contributed by atoms with Gasteiger partial charge in [-0.1, -0.05) is 123 Å². The van der Waals surface area contributed by atoms with Crippen LogP contribution in [-0.2, 0) is 0 Å². The lowest BCUT2D eigenvalue weighted by Crippen LogP contribution is -2.69. The first-order valence-electron chi connectivity index (χ1n) is 17.9. The lowest BCUT2D eigenvalue weighted by Gasteiger charge is -2.74. The lowest BCUT2D eigenvalue weighted by atomic mass is 9.30. The molecule has 4 fully saturated rings. The second-order valence-electron chi connectivity index (χ2n) is 18.5. The van der Waals surface area contributed by atoms with Gasteiger partial charge in [0.15, 0.2) is 0 Å². The molecule has 2 bridgehead atoms. The fraction of sp³-hybridized carbons (Fsp3) is 1.00. The standard InChI is InChI=1S/C39H72/c1-22-19-33-21-38(14,20-22)31(10)28(7)26(5)29(8)32(11)39(15)35(33)34-24(3)18-16-17-23(2)25(4)27(6)30(9)37(12,13)36(34)39/h22-36H,16-21H2,1-15H3. The molecule has 0 radical (unpaired) electrons. The molecule has 0 saturated heterocycles. The van der Waals surface area contributed by atoms with Crippen molar-refractivity contribution in [2.45, 2.75) is 142 Å². The van der Waals surface area contributed by atoms with Crippen LogP contribution >= 0.6 is 0 Å². The summed E-state index contributed by atoms with van der Waals surface area (Å²) in [5.74, 6) is 12.5. The van der Waals surface area contributed by atoms with E-state index in [1.54, 1.807) is 0 Å². The Balaban J connectivity index is 1.89. The maximum absolute atomic E-state index is 2.86. The average Bonchev–Trinajstić information content (AvgIpc) is 2.86. The summed E-state index contributed by atoms with van der Waals surface area (Å²) in [6, 6.07) is 0. The van der Waals surface area contributed by atoms with Crippen molar-refractivity contribution in [1.82, 2.24) is 0 Å². The Morgan fingerprint density at radius 2 is 1.08 bits per heavy atom. The van der Waals surface area contributed by atoms with Crippen LogP contribution in [0, 0.1) is 105 Å². The van der Waals surface area contributed by atoms with E-state index in [1.807, 2.05) is 0 Å². The van der Waals surface area contributed by atoms with Crippen LogP contribution in [0.5, 0.6) is 0 Å². The van der Waals surface area contributed by atoms with Crippen LogP contribution in [0.2, 0.25) is 0 Å². The van der Waals surface area contributed by atoms with Gasteiger partial charge >= 0.3 is 0 Å². The van der Waals surface area contributed by atoms with E-state index in [2.05, 4.69) is 104 Å². The minimum atomic E-state index is 0.367. The lowest BCUT2D eigenvalue weighted by molar-refractivity contribution is -0.266. The first-order valence-corrected chi connectivity index (χ1v) is 17.9. The second-order valence-corrected chi connectivity index (χ2v) is 18.5. The third-order valence-electron chi connectivity index (χ3n) is 16.7. The Hall–Kier alpha value is 0. The van der Waals surface area contributed by atoms with Crippen LogP contribution in [0.15, 0.2) is 0 Å². The van der Waals surface area contributed by atoms with Gasteiger partial charge in [0, 0.05) is 0 Å². The van der Waals surface area contributed by atoms with Crippen molar-refractivity contribution in [1.29, 1.82) is 0 Å². The fourth-order valence-corrected chi connectivity index (χ4v) is 13.1. The minimum Gasteiger partial charge on any atom is -0.0625 e. The predicted octanol–water partition coefficient (Wildman–Crippen LogP) is 11.9. The summed E-state index contributed by atoms with van der Waals surface area (Å²) in [7, 11) is 0. The van der Waals surface area contributed by atoms with Crippen molar-refractivity contribution in [2.24, 2.45) is 105 Å². The molecule has 0 aromatic heterocycles. The van der Waals surface area contributed by atoms with Gasteiger partial charge in [-0.2, -0.15) is 0 Å². The Labute approximate surface area is 247 Å². The Morgan fingerprint density at radius 1 is 0.538 bits per heavy atom. The maximum atomic E-state index is 2.86. The zero-order valence-electron chi connectivity index (χ0n) is 29.4. The summed E-state index contributed by atoms with van der Waals surface area (Å²) in [6.07, 6.45) is 8.77. The summed E-state index contributed by atoms with van der Waals surface area (Å²) in [4.78, 5) is 0. The molecule has 0 aromatic rings. The molecule has 4 aliphatic rings. The zero-order chi connectivity index (χ0) is 29.4. The third-order valence-corrected chi connectivity index (χ3v) is 16.7. The smallest absolute Gasteiger partial charge is 0.0227 e. The van der Waals surface area contributed by atoms with Crippen LogP contribution in [0.25, 0.3) is 0 Å². The van der Waals surface area contributed by atoms with Gasteiger partial charge in [0.2, 0.25) is 0 Å². The SMILES string of the molecule is CC1CC2CC(C)(C1)C(C)C(C)C(C)C(C)C(C)C1(C)C2C2C(C)CCCC(C)C(C)C(C)C(C)C(C)(C)C21. The van der Waals surface area contributed by atoms with Crippen molar-refractivity contribution in [3.05, 3.63) is 0 Å². The highest BCUT2D eigenvalue weighted by Gasteiger charge is 2.70. The van der Waals surface area contributed by atoms with Crippen LogP contribution in [0.4, 0.5) is 0 Å². The molecular formula is C39H72. The van der Waals surface area contributed by atoms with Gasteiger partial charge in [-0.05, 0) is 124 Å². The first-order chi connectivity index (χ1) is 17.9. The topological polar surface area (TPSA) is 0 Å². The Morgan fingerprint density at radius 3 is 1.69 bits per heavy atom. The van der Waals surface area contributed by atoms with E-state index in [0.717, 1.165) is 88.8 Å². The van der Waals surface area contributed by atoms with Crippen molar-refractivity contribution >= 4 is 0 Å². The molecule has 0 nitrogen and oxygen atoms in total. The molecule has 0 N–H and O–H groups in total. The van der Waals surface area contributed by atoms with Gasteiger partial charge in [0.1, 0.15) is 0 Å². The molecule has 17 atom stereocenters. The summed E-state index contributed by atoms with van der Waals surface area (Å²) in [5, 5.41) is 0. The Kier molecular flexibility index (Phi) is 8.94. The molecule has 0 aliphatic heterocycles. The highest BCUT2D eigenvalue weighted by molar-refractivity contribution is 5.17. The highest BCUT2D eigenvalue weighted by atomic mass is 14.7. The maximum Gasteiger partial charge on any atom is -0.0227 e. The van der Waals surface area contributed by atoms with Crippen molar-refractivity contribution in [3.8, 4) is 0 Å². The number of fused-ring (bicyclic) bond motifs is 7. The molecule has 0 aromatic carbocycles. The van der Waals surface area contributed by atoms with Crippen LogP contribution in [0.1, 0.15) is 142 Å². The summed E-state index contributed by atoms with van der Waals surface area (Å²) < 4.78 is 0. The van der Waals surface area contributed by atoms with Gasteiger partial charge in [-0.15, -0.1) is 0 Å². The molecule has 4 rings (SSSR count). The van der Waals surface area contributed by atoms with Crippen molar-refractivity contribution in [2.75, 3.05) is 0 Å². The molecule has 0 amide bonds. The van der Waals surface area contributed by atoms with Gasteiger partial charge in [0.05, 0.1) is 0 Å². The van der Waals surface area contributed by atoms with Gasteiger partial charge in [-0.25, -0.2) is 0 Å². The number of hydrogen-bond donors (Lipinski definition) is 0. The Bertz CT molecular complexity index is 839. The van der Waals surface area contributed by atoms with Crippen LogP contribution < -0.4 is 0 Å². The van der Waals surface area contributed by atoms with Crippen LogP contribution in [-0.4, -0.2) is 0 Å². The van der Waals surface area contributed by atoms with Crippen LogP contribution in [0.3, 0.4) is 0 Å². The van der Waals surface area contributed by atoms with Crippen molar-refractivity contribution < 1.29 is 0 Å². The van der Waals surface area contributed by atoms with E-state index in [4.69, 9.17) is 0 Å². The van der Waals surface area contributed by atoms with E-state index >= 15 is 0 Å². The summed E-state index contributed by atoms with van der Waals surface area (Å²) in [6.45, 7) is 40.2. The molecule has 17 unspecified atom stereocenters. The van der Waals surface area contributed by atoms with Gasteiger partial charge < -0.3 is 0 Å². The molecule has 0 heterocycles. The molecule has 4 aliphatic carbocycles. The van der Waals surface area contributed by atoms with E-state index < -0.39 is 0 Å². The van der Waals surface area contributed by atoms with E-state index in [9.17, 15) is 0 Å². The van der Waals surface area contributed by atoms with Gasteiger partial charge in [-0.3, -0.25) is 0 Å². The highest BCUT2D eigenvalue weighted by Crippen LogP contribution is 2.75. The fourth-order valence-electron chi connectivity index (χ4n) is 13.1. The molecule has 4 saturated carbocycles. The van der Waals surface area contributed by atoms with E-state index in [-0.39, 0.29) is 0 Å². The average molecular weight is 541 g/mol. The van der Waals surface area contributed by atoms with Gasteiger partial charge in [0.25, 0.3) is 0 Å². The molecule has 0 heteroatoms. The zero-order valence-corrected chi connectivity index (χ0v) is 29.4. The molecule has 0 spiro atoms. The summed E-state index contributed by atoms with van der Waals surface area (Å²) >= 11 is 0. The summed E-state index contributed by atoms with van der Waals surface area (Å²) in [5.41, 5.74) is 1.31. The first kappa shape index (κ1) is 31.9. The minimum absolute atomic E-state index is 0.367. The molecular weight excluding hydrogens is 468 g/mol. The second kappa shape index (κ2) is 10.9. The number of hydrogen-bond acceptors (Lipinski definition) is 0. The quantitative estimate of drug-likeness (QED) is 0.286. The third kappa shape index (κ3) is 4.92. The normalized spacial score (nSPS) is 58.7. The molecule has 39 heavy (non-hydrogen) atoms. The monoisotopic (exact) mass is 541 g/mol. The van der Waals surface area contributed by atoms with Crippen molar-refractivity contribution in [3.63, 3.8) is 0 Å². The molecule has 228 valence electrons. The predicted molar refractivity (Wildman–Crippen MR) is 172 cm³/mol. The van der Waals surface area contributed by atoms with E-state index in [0.29, 0.717) is 16.2 Å². The largest absolute Gasteiger partial charge is 0.0625 e. The number of rotatable bonds is 0. The van der Waals surface area contributed by atoms with E-state index in [1.165, 1.54) is 38.5 Å².